The second kappa shape index (κ2) is 7.65. The summed E-state index contributed by atoms with van der Waals surface area (Å²) in [6.07, 6.45) is 0. The number of hydrogen-bond donors (Lipinski definition) is 1. The molecular formula is C20H19N3O3. The van der Waals surface area contributed by atoms with E-state index >= 15 is 0 Å². The molecule has 3 aromatic rings. The SMILES string of the molecule is COc1cc(=O)c(C(=O)NCc2ccccc2)nn1-c1ccc(C)cc1. The number of nitrogens with one attached hydrogen (secondary N) is 1. The Morgan fingerprint density at radius 2 is 1.81 bits per heavy atom. The van der Waals surface area contributed by atoms with E-state index in [1.165, 1.54) is 17.9 Å². The van der Waals surface area contributed by atoms with Gasteiger partial charge in [0, 0.05) is 6.54 Å². The smallest absolute Gasteiger partial charge is 0.276 e. The molecule has 2 aromatic carbocycles. The van der Waals surface area contributed by atoms with Crippen LogP contribution in [0.1, 0.15) is 21.6 Å². The summed E-state index contributed by atoms with van der Waals surface area (Å²) in [5, 5.41) is 6.95. The second-order valence-corrected chi connectivity index (χ2v) is 5.82. The van der Waals surface area contributed by atoms with Crippen LogP contribution in [-0.2, 0) is 6.54 Å². The molecule has 0 atom stereocenters. The Morgan fingerprint density at radius 3 is 2.46 bits per heavy atom. The van der Waals surface area contributed by atoms with Crippen molar-refractivity contribution in [2.75, 3.05) is 7.11 Å². The molecule has 1 heterocycles. The van der Waals surface area contributed by atoms with E-state index in [4.69, 9.17) is 4.74 Å². The molecule has 1 amide bonds. The summed E-state index contributed by atoms with van der Waals surface area (Å²) in [7, 11) is 1.45. The molecule has 0 fully saturated rings. The van der Waals surface area contributed by atoms with Gasteiger partial charge in [0.15, 0.2) is 5.69 Å². The Hall–Kier alpha value is -3.41. The average Bonchev–Trinajstić information content (AvgIpc) is 2.67. The lowest BCUT2D eigenvalue weighted by atomic mass is 10.2. The Balaban J connectivity index is 1.91. The van der Waals surface area contributed by atoms with Crippen molar-refractivity contribution in [3.8, 4) is 11.6 Å². The highest BCUT2D eigenvalue weighted by Gasteiger charge is 2.17. The molecule has 132 valence electrons. The average molecular weight is 349 g/mol. The van der Waals surface area contributed by atoms with E-state index in [9.17, 15) is 9.59 Å². The number of ether oxygens (including phenoxy) is 1. The minimum absolute atomic E-state index is 0.178. The second-order valence-electron chi connectivity index (χ2n) is 5.82. The maximum Gasteiger partial charge on any atom is 0.276 e. The monoisotopic (exact) mass is 349 g/mol. The first kappa shape index (κ1) is 17.4. The van der Waals surface area contributed by atoms with Gasteiger partial charge in [-0.3, -0.25) is 9.59 Å². The highest BCUT2D eigenvalue weighted by atomic mass is 16.5. The molecule has 1 N–H and O–H groups in total. The predicted octanol–water partition coefficient (Wildman–Crippen LogP) is 2.48. The molecule has 0 aliphatic heterocycles. The number of carbonyl (C=O) groups is 1. The van der Waals surface area contributed by atoms with Crippen LogP contribution in [0.25, 0.3) is 5.69 Å². The van der Waals surface area contributed by atoms with E-state index < -0.39 is 11.3 Å². The number of nitrogens with zero attached hydrogens (tertiary/aromatic N) is 2. The van der Waals surface area contributed by atoms with Gasteiger partial charge in [-0.2, -0.15) is 5.10 Å². The number of rotatable bonds is 5. The van der Waals surface area contributed by atoms with E-state index in [-0.39, 0.29) is 11.6 Å². The van der Waals surface area contributed by atoms with Gasteiger partial charge < -0.3 is 10.1 Å². The van der Waals surface area contributed by atoms with Crippen molar-refractivity contribution in [2.24, 2.45) is 0 Å². The minimum atomic E-state index is -0.526. The molecule has 0 radical (unpaired) electrons. The summed E-state index contributed by atoms with van der Waals surface area (Å²) < 4.78 is 6.69. The standard InChI is InChI=1S/C20H19N3O3/c1-14-8-10-16(11-9-14)23-18(26-2)12-17(24)19(22-23)20(25)21-13-15-6-4-3-5-7-15/h3-12H,13H2,1-2H3,(H,21,25). The molecule has 26 heavy (non-hydrogen) atoms. The van der Waals surface area contributed by atoms with Crippen LogP contribution in [-0.4, -0.2) is 22.8 Å². The summed E-state index contributed by atoms with van der Waals surface area (Å²) in [6, 6.07) is 18.3. The quantitative estimate of drug-likeness (QED) is 0.768. The van der Waals surface area contributed by atoms with Crippen LogP contribution in [0.3, 0.4) is 0 Å². The molecule has 6 nitrogen and oxygen atoms in total. The number of aromatic nitrogens is 2. The summed E-state index contributed by atoms with van der Waals surface area (Å²) >= 11 is 0. The maximum atomic E-state index is 12.4. The first-order valence-electron chi connectivity index (χ1n) is 8.16. The minimum Gasteiger partial charge on any atom is -0.481 e. The van der Waals surface area contributed by atoms with E-state index in [2.05, 4.69) is 10.4 Å². The fraction of sp³-hybridized carbons (Fsp3) is 0.150. The number of benzene rings is 2. The van der Waals surface area contributed by atoms with Gasteiger partial charge in [0.1, 0.15) is 0 Å². The van der Waals surface area contributed by atoms with Crippen LogP contribution in [0.4, 0.5) is 0 Å². The van der Waals surface area contributed by atoms with Gasteiger partial charge in [-0.15, -0.1) is 0 Å². The Kier molecular flexibility index (Phi) is 5.12. The number of amides is 1. The lowest BCUT2D eigenvalue weighted by Crippen LogP contribution is -2.31. The Labute approximate surface area is 151 Å². The normalized spacial score (nSPS) is 10.4. The molecule has 0 unspecified atom stereocenters. The first-order chi connectivity index (χ1) is 12.6. The first-order valence-corrected chi connectivity index (χ1v) is 8.16. The topological polar surface area (TPSA) is 73.2 Å². The van der Waals surface area contributed by atoms with E-state index in [1.807, 2.05) is 61.5 Å². The van der Waals surface area contributed by atoms with Gasteiger partial charge in [0.05, 0.1) is 18.9 Å². The van der Waals surface area contributed by atoms with Crippen molar-refractivity contribution < 1.29 is 9.53 Å². The van der Waals surface area contributed by atoms with Gasteiger partial charge in [0.2, 0.25) is 11.3 Å². The van der Waals surface area contributed by atoms with Crippen LogP contribution in [0.2, 0.25) is 0 Å². The third-order valence-electron chi connectivity index (χ3n) is 3.90. The van der Waals surface area contributed by atoms with Crippen molar-refractivity contribution in [1.29, 1.82) is 0 Å². The molecule has 1 aromatic heterocycles. The van der Waals surface area contributed by atoms with Crippen molar-refractivity contribution in [2.45, 2.75) is 13.5 Å². The molecule has 0 saturated heterocycles. The van der Waals surface area contributed by atoms with Gasteiger partial charge in [0.25, 0.3) is 5.91 Å². The van der Waals surface area contributed by atoms with Gasteiger partial charge in [-0.25, -0.2) is 4.68 Å². The van der Waals surface area contributed by atoms with Crippen LogP contribution < -0.4 is 15.5 Å². The van der Waals surface area contributed by atoms with Crippen LogP contribution in [0.15, 0.2) is 65.5 Å². The van der Waals surface area contributed by atoms with E-state index in [0.29, 0.717) is 12.2 Å². The van der Waals surface area contributed by atoms with Crippen molar-refractivity contribution in [3.63, 3.8) is 0 Å². The predicted molar refractivity (Wildman–Crippen MR) is 98.7 cm³/mol. The largest absolute Gasteiger partial charge is 0.481 e. The van der Waals surface area contributed by atoms with E-state index in [0.717, 1.165) is 11.1 Å². The number of carbonyl (C=O) groups excluding carboxylic acids is 1. The maximum absolute atomic E-state index is 12.4. The van der Waals surface area contributed by atoms with Crippen molar-refractivity contribution in [1.82, 2.24) is 15.1 Å². The summed E-state index contributed by atoms with van der Waals surface area (Å²) in [4.78, 5) is 24.7. The lowest BCUT2D eigenvalue weighted by molar-refractivity contribution is 0.0942. The molecule has 0 aliphatic carbocycles. The Bertz CT molecular complexity index is 964. The summed E-state index contributed by atoms with van der Waals surface area (Å²) in [5.41, 5.74) is 2.06. The molecular weight excluding hydrogens is 330 g/mol. The van der Waals surface area contributed by atoms with Gasteiger partial charge >= 0.3 is 0 Å². The summed E-state index contributed by atoms with van der Waals surface area (Å²) in [5.74, 6) is -0.263. The molecule has 3 rings (SSSR count). The zero-order valence-corrected chi connectivity index (χ0v) is 14.6. The molecule has 0 spiro atoms. The fourth-order valence-corrected chi connectivity index (χ4v) is 2.48. The Morgan fingerprint density at radius 1 is 1.12 bits per heavy atom. The third kappa shape index (κ3) is 3.80. The summed E-state index contributed by atoms with van der Waals surface area (Å²) in [6.45, 7) is 2.29. The molecule has 0 bridgehead atoms. The highest BCUT2D eigenvalue weighted by Crippen LogP contribution is 2.15. The fourth-order valence-electron chi connectivity index (χ4n) is 2.48. The molecule has 0 aliphatic rings. The van der Waals surface area contributed by atoms with Crippen LogP contribution in [0, 0.1) is 6.92 Å². The van der Waals surface area contributed by atoms with Gasteiger partial charge in [-0.1, -0.05) is 48.0 Å². The van der Waals surface area contributed by atoms with Crippen LogP contribution >= 0.6 is 0 Å². The molecule has 0 saturated carbocycles. The van der Waals surface area contributed by atoms with Crippen molar-refractivity contribution >= 4 is 5.91 Å². The number of aryl methyl sites for hydroxylation is 1. The zero-order chi connectivity index (χ0) is 18.5. The van der Waals surface area contributed by atoms with E-state index in [1.54, 1.807) is 0 Å². The third-order valence-corrected chi connectivity index (χ3v) is 3.90. The number of hydrogen-bond acceptors (Lipinski definition) is 4. The van der Waals surface area contributed by atoms with Crippen molar-refractivity contribution in [3.05, 3.63) is 87.7 Å². The number of methoxy groups -OCH3 is 1. The highest BCUT2D eigenvalue weighted by molar-refractivity contribution is 5.92. The molecule has 6 heteroatoms. The van der Waals surface area contributed by atoms with Crippen LogP contribution in [0.5, 0.6) is 5.88 Å². The van der Waals surface area contributed by atoms with Gasteiger partial charge in [-0.05, 0) is 24.6 Å². The lowest BCUT2D eigenvalue weighted by Gasteiger charge is -2.13. The zero-order valence-electron chi connectivity index (χ0n) is 14.6.